The average Bonchev–Trinajstić information content (AvgIpc) is 1.98. The number of rotatable bonds is 0. The van der Waals surface area contributed by atoms with Crippen molar-refractivity contribution < 1.29 is 0 Å². The Hall–Kier alpha value is -1.19. The third-order valence-electron chi connectivity index (χ3n) is 1.38. The Morgan fingerprint density at radius 2 is 2.00 bits per heavy atom. The molecular weight excluding hydrogens is 116 g/mol. The third kappa shape index (κ3) is 0.718. The molecule has 0 spiro atoms. The van der Waals surface area contributed by atoms with Crippen LogP contribution >= 0.6 is 0 Å². The fourth-order valence-corrected chi connectivity index (χ4v) is 0.676. The van der Waals surface area contributed by atoms with Gasteiger partial charge in [-0.1, -0.05) is 0 Å². The minimum Gasteiger partial charge on any atom is -0.396 e. The molecule has 4 heteroatoms. The van der Waals surface area contributed by atoms with Gasteiger partial charge in [0.2, 0.25) is 0 Å². The number of anilines is 1. The highest BCUT2D eigenvalue weighted by atomic mass is 15.5. The monoisotopic (exact) mass is 126 g/mol. The first-order valence-corrected chi connectivity index (χ1v) is 2.69. The van der Waals surface area contributed by atoms with E-state index < -0.39 is 0 Å². The fraction of sp³-hybridized carbons (Fsp3) is 0.400. The van der Waals surface area contributed by atoms with Crippen LogP contribution in [0.1, 0.15) is 11.4 Å². The summed E-state index contributed by atoms with van der Waals surface area (Å²) >= 11 is 0. The zero-order valence-corrected chi connectivity index (χ0v) is 5.55. The van der Waals surface area contributed by atoms with E-state index in [9.17, 15) is 0 Å². The van der Waals surface area contributed by atoms with Gasteiger partial charge in [0.05, 0.1) is 17.1 Å². The quantitative estimate of drug-likeness (QED) is 0.473. The highest BCUT2D eigenvalue weighted by Gasteiger charge is 2.03. The van der Waals surface area contributed by atoms with Crippen molar-refractivity contribution in [2.24, 2.45) is 0 Å². The first kappa shape index (κ1) is 5.94. The molecule has 1 rings (SSSR count). The van der Waals surface area contributed by atoms with Crippen molar-refractivity contribution in [1.82, 2.24) is 9.89 Å². The largest absolute Gasteiger partial charge is 0.396 e. The lowest BCUT2D eigenvalue weighted by Gasteiger charge is -1.90. The second kappa shape index (κ2) is 1.65. The standard InChI is InChI=1S/C5H10N4/c1-3-5(6)4(2)9(7)8-3/h6-7H2,1-2H3. The summed E-state index contributed by atoms with van der Waals surface area (Å²) in [6, 6.07) is 0. The van der Waals surface area contributed by atoms with Crippen LogP contribution < -0.4 is 11.6 Å². The molecule has 0 saturated heterocycles. The Kier molecular flexibility index (Phi) is 1.09. The van der Waals surface area contributed by atoms with Gasteiger partial charge in [0.15, 0.2) is 0 Å². The molecule has 50 valence electrons. The first-order chi connectivity index (χ1) is 4.13. The van der Waals surface area contributed by atoms with Gasteiger partial charge in [0.25, 0.3) is 0 Å². The molecule has 0 aliphatic heterocycles. The Morgan fingerprint density at radius 1 is 1.44 bits per heavy atom. The Labute approximate surface area is 53.4 Å². The molecule has 0 unspecified atom stereocenters. The van der Waals surface area contributed by atoms with Crippen molar-refractivity contribution in [3.05, 3.63) is 11.4 Å². The summed E-state index contributed by atoms with van der Waals surface area (Å²) in [5, 5.41) is 3.88. The minimum atomic E-state index is 0.678. The van der Waals surface area contributed by atoms with E-state index in [0.29, 0.717) is 5.69 Å². The van der Waals surface area contributed by atoms with Gasteiger partial charge in [0, 0.05) is 0 Å². The normalized spacial score (nSPS) is 10.0. The van der Waals surface area contributed by atoms with E-state index >= 15 is 0 Å². The van der Waals surface area contributed by atoms with Gasteiger partial charge in [-0.2, -0.15) is 9.89 Å². The van der Waals surface area contributed by atoms with Gasteiger partial charge >= 0.3 is 0 Å². The van der Waals surface area contributed by atoms with E-state index in [4.69, 9.17) is 11.6 Å². The number of aromatic nitrogens is 2. The summed E-state index contributed by atoms with van der Waals surface area (Å²) in [5.74, 6) is 5.37. The third-order valence-corrected chi connectivity index (χ3v) is 1.38. The van der Waals surface area contributed by atoms with Gasteiger partial charge in [-0.05, 0) is 13.8 Å². The number of nitrogens with zero attached hydrogens (tertiary/aromatic N) is 2. The van der Waals surface area contributed by atoms with Crippen molar-refractivity contribution in [1.29, 1.82) is 0 Å². The zero-order chi connectivity index (χ0) is 7.02. The molecule has 1 aromatic heterocycles. The molecule has 4 nitrogen and oxygen atoms in total. The molecule has 0 atom stereocenters. The van der Waals surface area contributed by atoms with Crippen LogP contribution in [0.5, 0.6) is 0 Å². The maximum Gasteiger partial charge on any atom is 0.0846 e. The lowest BCUT2D eigenvalue weighted by Crippen LogP contribution is -2.11. The van der Waals surface area contributed by atoms with Crippen LogP contribution in [0.3, 0.4) is 0 Å². The SMILES string of the molecule is Cc1nn(N)c(C)c1N. The molecule has 0 aliphatic carbocycles. The summed E-state index contributed by atoms with van der Waals surface area (Å²) in [6.45, 7) is 3.65. The van der Waals surface area contributed by atoms with Crippen molar-refractivity contribution in [2.45, 2.75) is 13.8 Å². The van der Waals surface area contributed by atoms with Crippen LogP contribution in [0, 0.1) is 13.8 Å². The van der Waals surface area contributed by atoms with Crippen molar-refractivity contribution in [2.75, 3.05) is 11.6 Å². The van der Waals surface area contributed by atoms with Crippen molar-refractivity contribution in [3.63, 3.8) is 0 Å². The van der Waals surface area contributed by atoms with Crippen LogP contribution in [0.25, 0.3) is 0 Å². The number of nitrogens with two attached hydrogens (primary N) is 2. The molecule has 0 amide bonds. The summed E-state index contributed by atoms with van der Waals surface area (Å²) < 4.78 is 0. The second-order valence-corrected chi connectivity index (χ2v) is 2.03. The molecule has 9 heavy (non-hydrogen) atoms. The van der Waals surface area contributed by atoms with Gasteiger partial charge in [-0.15, -0.1) is 0 Å². The highest BCUT2D eigenvalue weighted by Crippen LogP contribution is 2.11. The molecule has 0 saturated carbocycles. The summed E-state index contributed by atoms with van der Waals surface area (Å²) in [5.41, 5.74) is 7.82. The highest BCUT2D eigenvalue weighted by molar-refractivity contribution is 5.46. The van der Waals surface area contributed by atoms with E-state index in [2.05, 4.69) is 5.10 Å². The fourth-order valence-electron chi connectivity index (χ4n) is 0.676. The minimum absolute atomic E-state index is 0.678. The number of hydrogen-bond donors (Lipinski definition) is 2. The average molecular weight is 126 g/mol. The van der Waals surface area contributed by atoms with Crippen LogP contribution in [-0.4, -0.2) is 9.89 Å². The Morgan fingerprint density at radius 3 is 2.11 bits per heavy atom. The number of nitrogen functional groups attached to an aromatic ring is 2. The summed E-state index contributed by atoms with van der Waals surface area (Å²) in [4.78, 5) is 1.28. The van der Waals surface area contributed by atoms with E-state index in [1.807, 2.05) is 13.8 Å². The predicted molar refractivity (Wildman–Crippen MR) is 36.3 cm³/mol. The van der Waals surface area contributed by atoms with E-state index in [0.717, 1.165) is 11.4 Å². The molecule has 0 radical (unpaired) electrons. The first-order valence-electron chi connectivity index (χ1n) is 2.69. The molecule has 0 fully saturated rings. The Bertz CT molecular complexity index is 203. The maximum atomic E-state index is 5.54. The van der Waals surface area contributed by atoms with Gasteiger partial charge in [-0.25, -0.2) is 0 Å². The van der Waals surface area contributed by atoms with Crippen molar-refractivity contribution in [3.8, 4) is 0 Å². The summed E-state index contributed by atoms with van der Waals surface area (Å²) in [7, 11) is 0. The van der Waals surface area contributed by atoms with E-state index in [1.54, 1.807) is 0 Å². The predicted octanol–water partition coefficient (Wildman–Crippen LogP) is -0.204. The molecule has 0 bridgehead atoms. The van der Waals surface area contributed by atoms with Crippen molar-refractivity contribution >= 4 is 5.69 Å². The van der Waals surface area contributed by atoms with Crippen LogP contribution in [0.4, 0.5) is 5.69 Å². The Balaban J connectivity index is 3.29. The topological polar surface area (TPSA) is 69.9 Å². The number of hydrogen-bond acceptors (Lipinski definition) is 3. The maximum absolute atomic E-state index is 5.54. The van der Waals surface area contributed by atoms with Gasteiger partial charge in [-0.3, -0.25) is 0 Å². The molecule has 1 aromatic rings. The second-order valence-electron chi connectivity index (χ2n) is 2.03. The molecule has 0 aromatic carbocycles. The van der Waals surface area contributed by atoms with E-state index in [-0.39, 0.29) is 0 Å². The number of aryl methyl sites for hydroxylation is 1. The smallest absolute Gasteiger partial charge is 0.0846 e. The van der Waals surface area contributed by atoms with Crippen LogP contribution in [0.2, 0.25) is 0 Å². The molecule has 4 N–H and O–H groups in total. The molecule has 0 aliphatic rings. The lowest BCUT2D eigenvalue weighted by molar-refractivity contribution is 0.789. The van der Waals surface area contributed by atoms with Gasteiger partial charge in [0.1, 0.15) is 0 Å². The summed E-state index contributed by atoms with van der Waals surface area (Å²) in [6.07, 6.45) is 0. The van der Waals surface area contributed by atoms with E-state index in [1.165, 1.54) is 4.79 Å². The van der Waals surface area contributed by atoms with Gasteiger partial charge < -0.3 is 11.6 Å². The van der Waals surface area contributed by atoms with Crippen LogP contribution in [-0.2, 0) is 0 Å². The lowest BCUT2D eigenvalue weighted by atomic mass is 10.3. The van der Waals surface area contributed by atoms with Crippen LogP contribution in [0.15, 0.2) is 0 Å². The molecular formula is C5H10N4. The molecule has 1 heterocycles. The zero-order valence-electron chi connectivity index (χ0n) is 5.55.